The third-order valence-corrected chi connectivity index (χ3v) is 4.11. The van der Waals surface area contributed by atoms with Gasteiger partial charge in [-0.1, -0.05) is 0 Å². The van der Waals surface area contributed by atoms with Crippen LogP contribution in [-0.4, -0.2) is 84.2 Å². The molecular formula is C17H34N8O6. The molecule has 0 aliphatic rings. The lowest BCUT2D eigenvalue weighted by molar-refractivity contribution is -0.138. The fourth-order valence-electron chi connectivity index (χ4n) is 2.45. The first-order valence-electron chi connectivity index (χ1n) is 9.84. The number of carbonyl (C=O) groups is 4. The van der Waals surface area contributed by atoms with Crippen molar-refractivity contribution >= 4 is 29.7 Å². The van der Waals surface area contributed by atoms with Crippen LogP contribution >= 0.6 is 0 Å². The van der Waals surface area contributed by atoms with Crippen LogP contribution in [0.1, 0.15) is 32.1 Å². The average molecular weight is 447 g/mol. The zero-order valence-corrected chi connectivity index (χ0v) is 17.4. The van der Waals surface area contributed by atoms with Gasteiger partial charge in [0.05, 0.1) is 6.61 Å². The van der Waals surface area contributed by atoms with Crippen LogP contribution in [0.3, 0.4) is 0 Å². The summed E-state index contributed by atoms with van der Waals surface area (Å²) in [6.07, 6.45) is 1.79. The number of nitrogens with zero attached hydrogens (tertiary/aromatic N) is 1. The Morgan fingerprint density at radius 3 is 2.03 bits per heavy atom. The van der Waals surface area contributed by atoms with Crippen molar-refractivity contribution in [3.63, 3.8) is 0 Å². The molecule has 0 aromatic heterocycles. The van der Waals surface area contributed by atoms with E-state index in [4.69, 9.17) is 33.1 Å². The van der Waals surface area contributed by atoms with Crippen LogP contribution < -0.4 is 38.9 Å². The number of rotatable bonds is 16. The second kappa shape index (κ2) is 15.8. The predicted molar refractivity (Wildman–Crippen MR) is 112 cm³/mol. The number of carbonyl (C=O) groups excluding carboxylic acids is 3. The van der Waals surface area contributed by atoms with E-state index in [1.54, 1.807) is 0 Å². The lowest BCUT2D eigenvalue weighted by Crippen LogP contribution is -2.56. The van der Waals surface area contributed by atoms with Gasteiger partial charge in [-0.2, -0.15) is 0 Å². The van der Waals surface area contributed by atoms with Gasteiger partial charge < -0.3 is 49.1 Å². The van der Waals surface area contributed by atoms with Crippen LogP contribution in [0.4, 0.5) is 0 Å². The first-order chi connectivity index (χ1) is 14.6. The molecule has 3 atom stereocenters. The minimum atomic E-state index is -1.25. The number of nitrogens with one attached hydrogen (secondary N) is 3. The van der Waals surface area contributed by atoms with Crippen molar-refractivity contribution < 1.29 is 29.4 Å². The molecule has 0 saturated carbocycles. The van der Waals surface area contributed by atoms with Crippen molar-refractivity contribution in [1.29, 1.82) is 0 Å². The topological polar surface area (TPSA) is 261 Å². The minimum absolute atomic E-state index is 0.119. The fraction of sp³-hybridized carbons (Fsp3) is 0.706. The van der Waals surface area contributed by atoms with Gasteiger partial charge in [0.2, 0.25) is 17.7 Å². The molecule has 13 N–H and O–H groups in total. The number of aliphatic hydroxyl groups is 1. The standard InChI is InChI=1S/C17H34N8O6/c18-6-2-1-4-12(24-14(29)10(19)9-26)16(31)25-11(5-3-7-22-17(20)21)15(30)23-8-13(27)28/h10-12,26H,1-9,18-19H2,(H,23,30)(H,24,29)(H,25,31)(H,27,28)(H4,20,21,22). The number of unbranched alkanes of at least 4 members (excludes halogenated alkanes) is 1. The van der Waals surface area contributed by atoms with E-state index in [0.717, 1.165) is 0 Å². The molecule has 3 amide bonds. The third kappa shape index (κ3) is 13.0. The maximum absolute atomic E-state index is 12.8. The van der Waals surface area contributed by atoms with E-state index in [0.29, 0.717) is 25.8 Å². The molecular weight excluding hydrogens is 412 g/mol. The van der Waals surface area contributed by atoms with Crippen LogP contribution in [0.2, 0.25) is 0 Å². The highest BCUT2D eigenvalue weighted by atomic mass is 16.4. The van der Waals surface area contributed by atoms with Crippen molar-refractivity contribution in [3.05, 3.63) is 0 Å². The quantitative estimate of drug-likeness (QED) is 0.0624. The van der Waals surface area contributed by atoms with Crippen LogP contribution in [-0.2, 0) is 19.2 Å². The van der Waals surface area contributed by atoms with Gasteiger partial charge in [0, 0.05) is 6.54 Å². The highest BCUT2D eigenvalue weighted by Crippen LogP contribution is 2.05. The molecule has 0 aliphatic carbocycles. The van der Waals surface area contributed by atoms with E-state index in [-0.39, 0.29) is 25.3 Å². The monoisotopic (exact) mass is 446 g/mol. The smallest absolute Gasteiger partial charge is 0.322 e. The van der Waals surface area contributed by atoms with E-state index in [1.807, 2.05) is 0 Å². The van der Waals surface area contributed by atoms with Gasteiger partial charge >= 0.3 is 5.97 Å². The number of nitrogens with two attached hydrogens (primary N) is 4. The van der Waals surface area contributed by atoms with Crippen LogP contribution in [0.5, 0.6) is 0 Å². The van der Waals surface area contributed by atoms with E-state index < -0.39 is 55.0 Å². The summed E-state index contributed by atoms with van der Waals surface area (Å²) in [4.78, 5) is 51.6. The Bertz CT molecular complexity index is 626. The summed E-state index contributed by atoms with van der Waals surface area (Å²) >= 11 is 0. The highest BCUT2D eigenvalue weighted by molar-refractivity contribution is 5.93. The molecule has 14 nitrogen and oxygen atoms in total. The molecule has 3 unspecified atom stereocenters. The van der Waals surface area contributed by atoms with Crippen LogP contribution in [0, 0.1) is 0 Å². The van der Waals surface area contributed by atoms with Crippen molar-refractivity contribution in [2.24, 2.45) is 27.9 Å². The molecule has 0 aromatic rings. The van der Waals surface area contributed by atoms with Crippen LogP contribution in [0.15, 0.2) is 4.99 Å². The molecule has 0 spiro atoms. The Morgan fingerprint density at radius 1 is 0.903 bits per heavy atom. The Kier molecular flexibility index (Phi) is 14.3. The first-order valence-corrected chi connectivity index (χ1v) is 9.84. The molecule has 0 saturated heterocycles. The second-order valence-electron chi connectivity index (χ2n) is 6.76. The number of hydrogen-bond donors (Lipinski definition) is 9. The molecule has 0 aromatic carbocycles. The Balaban J connectivity index is 5.24. The van der Waals surface area contributed by atoms with Crippen molar-refractivity contribution in [1.82, 2.24) is 16.0 Å². The zero-order chi connectivity index (χ0) is 23.8. The van der Waals surface area contributed by atoms with Gasteiger partial charge in [0.1, 0.15) is 24.7 Å². The molecule has 14 heteroatoms. The molecule has 0 fully saturated rings. The lowest BCUT2D eigenvalue weighted by atomic mass is 10.1. The summed E-state index contributed by atoms with van der Waals surface area (Å²) in [7, 11) is 0. The minimum Gasteiger partial charge on any atom is -0.480 e. The Hall–Kier alpha value is -2.97. The number of aliphatic imine (C=N–C) groups is 1. The zero-order valence-electron chi connectivity index (χ0n) is 17.4. The molecule has 0 radical (unpaired) electrons. The molecule has 31 heavy (non-hydrogen) atoms. The third-order valence-electron chi connectivity index (χ3n) is 4.11. The number of carboxylic acids is 1. The number of amides is 3. The van der Waals surface area contributed by atoms with E-state index in [2.05, 4.69) is 20.9 Å². The van der Waals surface area contributed by atoms with E-state index in [1.165, 1.54) is 0 Å². The molecule has 0 bridgehead atoms. The predicted octanol–water partition coefficient (Wildman–Crippen LogP) is -4.34. The molecule has 0 aliphatic heterocycles. The first kappa shape index (κ1) is 28.0. The summed E-state index contributed by atoms with van der Waals surface area (Å²) in [6.45, 7) is -0.637. The maximum Gasteiger partial charge on any atom is 0.322 e. The number of hydrogen-bond acceptors (Lipinski definition) is 8. The van der Waals surface area contributed by atoms with E-state index in [9.17, 15) is 19.2 Å². The fourth-order valence-corrected chi connectivity index (χ4v) is 2.45. The molecule has 0 heterocycles. The number of carboxylic acid groups (broad SMARTS) is 1. The van der Waals surface area contributed by atoms with Gasteiger partial charge in [-0.15, -0.1) is 0 Å². The van der Waals surface area contributed by atoms with E-state index >= 15 is 0 Å². The Morgan fingerprint density at radius 2 is 1.48 bits per heavy atom. The molecule has 178 valence electrons. The molecule has 0 rings (SSSR count). The largest absolute Gasteiger partial charge is 0.480 e. The summed E-state index contributed by atoms with van der Waals surface area (Å²) in [5.41, 5.74) is 21.4. The van der Waals surface area contributed by atoms with Gasteiger partial charge in [-0.25, -0.2) is 0 Å². The summed E-state index contributed by atoms with van der Waals surface area (Å²) in [5.74, 6) is -3.47. The summed E-state index contributed by atoms with van der Waals surface area (Å²) in [5, 5.41) is 24.9. The van der Waals surface area contributed by atoms with Gasteiger partial charge in [0.25, 0.3) is 0 Å². The van der Waals surface area contributed by atoms with Crippen molar-refractivity contribution in [2.45, 2.75) is 50.2 Å². The maximum atomic E-state index is 12.8. The summed E-state index contributed by atoms with van der Waals surface area (Å²) < 4.78 is 0. The SMILES string of the molecule is NCCCCC(NC(=O)C(N)CO)C(=O)NC(CCCN=C(N)N)C(=O)NCC(=O)O. The van der Waals surface area contributed by atoms with Gasteiger partial charge in [0.15, 0.2) is 5.96 Å². The average Bonchev–Trinajstić information content (AvgIpc) is 2.72. The van der Waals surface area contributed by atoms with Crippen molar-refractivity contribution in [2.75, 3.05) is 26.2 Å². The van der Waals surface area contributed by atoms with Gasteiger partial charge in [-0.05, 0) is 38.6 Å². The van der Waals surface area contributed by atoms with Crippen molar-refractivity contribution in [3.8, 4) is 0 Å². The van der Waals surface area contributed by atoms with Crippen LogP contribution in [0.25, 0.3) is 0 Å². The summed E-state index contributed by atoms with van der Waals surface area (Å²) in [6, 6.07) is -3.32. The number of guanidine groups is 1. The lowest BCUT2D eigenvalue weighted by Gasteiger charge is -2.24. The number of aliphatic hydroxyl groups excluding tert-OH is 1. The Labute approximate surface area is 180 Å². The second-order valence-corrected chi connectivity index (χ2v) is 6.76. The highest BCUT2D eigenvalue weighted by Gasteiger charge is 2.27. The number of aliphatic carboxylic acids is 1. The van der Waals surface area contributed by atoms with Gasteiger partial charge in [-0.3, -0.25) is 24.2 Å². The normalized spacial score (nSPS) is 13.4.